The van der Waals surface area contributed by atoms with E-state index in [0.717, 1.165) is 35.6 Å². The standard InChI is InChI=1S/C19H21N5O2/c1-12-7-15-16(9-19(2,3)10-17(15)26-12)21-18(25)13-5-4-6-14(8-13)24-11-20-22-23-24/h4-8,11,16H,9-10H2,1-3H3,(H,21,25)/t16-/m0/s1. The molecule has 134 valence electrons. The van der Waals surface area contributed by atoms with Gasteiger partial charge in [-0.1, -0.05) is 19.9 Å². The summed E-state index contributed by atoms with van der Waals surface area (Å²) in [7, 11) is 0. The second-order valence-electron chi connectivity index (χ2n) is 7.61. The number of benzene rings is 1. The molecule has 1 aliphatic rings. The number of carbonyl (C=O) groups is 1. The van der Waals surface area contributed by atoms with Crippen LogP contribution in [0.5, 0.6) is 0 Å². The molecule has 7 heteroatoms. The van der Waals surface area contributed by atoms with Gasteiger partial charge in [-0.2, -0.15) is 0 Å². The van der Waals surface area contributed by atoms with Crippen molar-refractivity contribution in [1.29, 1.82) is 0 Å². The number of nitrogens with one attached hydrogen (secondary N) is 1. The third kappa shape index (κ3) is 3.12. The lowest BCUT2D eigenvalue weighted by Gasteiger charge is -2.34. The predicted molar refractivity (Wildman–Crippen MR) is 94.9 cm³/mol. The molecule has 1 atom stereocenters. The number of hydrogen-bond donors (Lipinski definition) is 1. The summed E-state index contributed by atoms with van der Waals surface area (Å²) in [5.74, 6) is 1.74. The maximum Gasteiger partial charge on any atom is 0.251 e. The predicted octanol–water partition coefficient (Wildman–Crippen LogP) is 3.01. The second-order valence-corrected chi connectivity index (χ2v) is 7.61. The van der Waals surface area contributed by atoms with E-state index in [2.05, 4.69) is 34.7 Å². The molecule has 3 aromatic rings. The van der Waals surface area contributed by atoms with Gasteiger partial charge >= 0.3 is 0 Å². The van der Waals surface area contributed by atoms with E-state index in [1.54, 1.807) is 12.1 Å². The summed E-state index contributed by atoms with van der Waals surface area (Å²) in [4.78, 5) is 12.9. The van der Waals surface area contributed by atoms with Gasteiger partial charge in [0.15, 0.2) is 0 Å². The highest BCUT2D eigenvalue weighted by atomic mass is 16.3. The molecule has 0 bridgehead atoms. The molecule has 1 aromatic carbocycles. The lowest BCUT2D eigenvalue weighted by molar-refractivity contribution is 0.0917. The Kier molecular flexibility index (Phi) is 3.86. The maximum absolute atomic E-state index is 12.9. The molecule has 26 heavy (non-hydrogen) atoms. The topological polar surface area (TPSA) is 85.8 Å². The van der Waals surface area contributed by atoms with Gasteiger partial charge in [0.05, 0.1) is 11.7 Å². The lowest BCUT2D eigenvalue weighted by atomic mass is 9.74. The number of carbonyl (C=O) groups excluding carboxylic acids is 1. The Morgan fingerprint density at radius 3 is 2.96 bits per heavy atom. The second kappa shape index (κ2) is 6.09. The monoisotopic (exact) mass is 351 g/mol. The van der Waals surface area contributed by atoms with Crippen LogP contribution in [-0.4, -0.2) is 26.1 Å². The quantitative estimate of drug-likeness (QED) is 0.784. The molecule has 1 amide bonds. The van der Waals surface area contributed by atoms with Crippen LogP contribution in [0.2, 0.25) is 0 Å². The van der Waals surface area contributed by atoms with Crippen molar-refractivity contribution in [3.8, 4) is 5.69 Å². The van der Waals surface area contributed by atoms with Crippen LogP contribution < -0.4 is 5.32 Å². The third-order valence-electron chi connectivity index (χ3n) is 4.76. The van der Waals surface area contributed by atoms with Crippen LogP contribution >= 0.6 is 0 Å². The number of hydrogen-bond acceptors (Lipinski definition) is 5. The van der Waals surface area contributed by atoms with Crippen molar-refractivity contribution in [2.24, 2.45) is 5.41 Å². The Hall–Kier alpha value is -2.96. The molecule has 4 rings (SSSR count). The van der Waals surface area contributed by atoms with E-state index < -0.39 is 0 Å². The number of amides is 1. The van der Waals surface area contributed by atoms with E-state index >= 15 is 0 Å². The zero-order chi connectivity index (χ0) is 18.3. The molecular formula is C19H21N5O2. The zero-order valence-corrected chi connectivity index (χ0v) is 15.1. The van der Waals surface area contributed by atoms with E-state index in [1.165, 1.54) is 11.0 Å². The van der Waals surface area contributed by atoms with E-state index in [9.17, 15) is 4.79 Å². The molecule has 0 spiro atoms. The van der Waals surface area contributed by atoms with Gasteiger partial charge in [-0.15, -0.1) is 5.10 Å². The first-order valence-electron chi connectivity index (χ1n) is 8.65. The highest BCUT2D eigenvalue weighted by molar-refractivity contribution is 5.95. The summed E-state index contributed by atoms with van der Waals surface area (Å²) in [5.41, 5.74) is 2.48. The minimum atomic E-state index is -0.118. The van der Waals surface area contributed by atoms with E-state index in [1.807, 2.05) is 25.1 Å². The van der Waals surface area contributed by atoms with E-state index in [0.29, 0.717) is 5.56 Å². The van der Waals surface area contributed by atoms with Gasteiger partial charge in [0, 0.05) is 17.5 Å². The third-order valence-corrected chi connectivity index (χ3v) is 4.76. The van der Waals surface area contributed by atoms with E-state index in [-0.39, 0.29) is 17.4 Å². The van der Waals surface area contributed by atoms with Crippen molar-refractivity contribution in [3.63, 3.8) is 0 Å². The molecular weight excluding hydrogens is 330 g/mol. The van der Waals surface area contributed by atoms with Crippen molar-refractivity contribution in [3.05, 3.63) is 59.3 Å². The average Bonchev–Trinajstić information content (AvgIpc) is 3.23. The first-order valence-corrected chi connectivity index (χ1v) is 8.65. The lowest BCUT2D eigenvalue weighted by Crippen LogP contribution is -2.36. The Labute approximate surface area is 151 Å². The summed E-state index contributed by atoms with van der Waals surface area (Å²) in [6.45, 7) is 6.34. The van der Waals surface area contributed by atoms with Gasteiger partial charge in [-0.3, -0.25) is 4.79 Å². The zero-order valence-electron chi connectivity index (χ0n) is 15.1. The molecule has 0 saturated heterocycles. The van der Waals surface area contributed by atoms with Crippen LogP contribution in [0.3, 0.4) is 0 Å². The Morgan fingerprint density at radius 1 is 1.35 bits per heavy atom. The summed E-state index contributed by atoms with van der Waals surface area (Å²) < 4.78 is 7.38. The van der Waals surface area contributed by atoms with Crippen molar-refractivity contribution >= 4 is 5.91 Å². The number of furan rings is 1. The minimum absolute atomic E-state index is 0.0598. The Balaban J connectivity index is 1.59. The maximum atomic E-state index is 12.9. The fourth-order valence-corrected chi connectivity index (χ4v) is 3.62. The molecule has 2 aromatic heterocycles. The highest BCUT2D eigenvalue weighted by Gasteiger charge is 2.35. The summed E-state index contributed by atoms with van der Waals surface area (Å²) in [5, 5.41) is 14.3. The number of aromatic nitrogens is 4. The first kappa shape index (κ1) is 16.5. The SMILES string of the molecule is Cc1cc2c(o1)CC(C)(C)C[C@@H]2NC(=O)c1cccc(-n2cnnn2)c1. The van der Waals surface area contributed by atoms with Crippen molar-refractivity contribution < 1.29 is 9.21 Å². The van der Waals surface area contributed by atoms with Gasteiger partial charge in [-0.25, -0.2) is 4.68 Å². The van der Waals surface area contributed by atoms with Gasteiger partial charge in [0.2, 0.25) is 0 Å². The molecule has 0 fully saturated rings. The van der Waals surface area contributed by atoms with Crippen molar-refractivity contribution in [2.45, 2.75) is 39.7 Å². The molecule has 1 aliphatic carbocycles. The Morgan fingerprint density at radius 2 is 2.19 bits per heavy atom. The van der Waals surface area contributed by atoms with Crippen LogP contribution in [0.15, 0.2) is 41.1 Å². The summed E-state index contributed by atoms with van der Waals surface area (Å²) in [6, 6.07) is 9.22. The van der Waals surface area contributed by atoms with Gasteiger partial charge in [0.1, 0.15) is 17.8 Å². The van der Waals surface area contributed by atoms with Crippen LogP contribution in [0.1, 0.15) is 53.8 Å². The number of fused-ring (bicyclic) bond motifs is 1. The average molecular weight is 351 g/mol. The first-order chi connectivity index (χ1) is 12.4. The van der Waals surface area contributed by atoms with Crippen LogP contribution in [-0.2, 0) is 6.42 Å². The number of rotatable bonds is 3. The summed E-state index contributed by atoms with van der Waals surface area (Å²) in [6.07, 6.45) is 3.26. The Bertz CT molecular complexity index is 943. The molecule has 0 radical (unpaired) electrons. The van der Waals surface area contributed by atoms with Crippen molar-refractivity contribution in [2.75, 3.05) is 0 Å². The normalized spacial score (nSPS) is 18.3. The number of nitrogens with zero attached hydrogens (tertiary/aromatic N) is 4. The highest BCUT2D eigenvalue weighted by Crippen LogP contribution is 2.42. The molecule has 0 saturated carbocycles. The molecule has 1 N–H and O–H groups in total. The fourth-order valence-electron chi connectivity index (χ4n) is 3.62. The van der Waals surface area contributed by atoms with Crippen LogP contribution in [0.25, 0.3) is 5.69 Å². The smallest absolute Gasteiger partial charge is 0.251 e. The van der Waals surface area contributed by atoms with Gasteiger partial charge in [0.25, 0.3) is 5.91 Å². The summed E-state index contributed by atoms with van der Waals surface area (Å²) >= 11 is 0. The molecule has 7 nitrogen and oxygen atoms in total. The minimum Gasteiger partial charge on any atom is -0.466 e. The van der Waals surface area contributed by atoms with Gasteiger partial charge in [-0.05, 0) is 53.5 Å². The number of aryl methyl sites for hydroxylation is 1. The van der Waals surface area contributed by atoms with Crippen LogP contribution in [0, 0.1) is 12.3 Å². The molecule has 0 aliphatic heterocycles. The van der Waals surface area contributed by atoms with E-state index in [4.69, 9.17) is 4.42 Å². The molecule has 0 unspecified atom stereocenters. The van der Waals surface area contributed by atoms with Gasteiger partial charge < -0.3 is 9.73 Å². The fraction of sp³-hybridized carbons (Fsp3) is 0.368. The molecule has 2 heterocycles. The number of tetrazole rings is 1. The van der Waals surface area contributed by atoms with Crippen molar-refractivity contribution in [1.82, 2.24) is 25.5 Å². The largest absolute Gasteiger partial charge is 0.466 e. The van der Waals surface area contributed by atoms with Crippen LogP contribution in [0.4, 0.5) is 0 Å².